The molecule has 2 unspecified atom stereocenters. The highest BCUT2D eigenvalue weighted by atomic mass is 16.4. The Hall–Kier alpha value is -0.940. The van der Waals surface area contributed by atoms with E-state index < -0.39 is 0 Å². The Balaban J connectivity index is 1.96. The van der Waals surface area contributed by atoms with Gasteiger partial charge in [0, 0.05) is 12.5 Å². The van der Waals surface area contributed by atoms with Gasteiger partial charge < -0.3 is 9.52 Å². The molecule has 5 nitrogen and oxygen atoms in total. The van der Waals surface area contributed by atoms with E-state index in [2.05, 4.69) is 15.1 Å². The van der Waals surface area contributed by atoms with Gasteiger partial charge in [0.15, 0.2) is 0 Å². The molecule has 2 atom stereocenters. The van der Waals surface area contributed by atoms with Crippen molar-refractivity contribution in [2.24, 2.45) is 0 Å². The molecule has 1 aliphatic rings. The summed E-state index contributed by atoms with van der Waals surface area (Å²) in [5.74, 6) is 1.40. The molecular weight excluding hydrogens is 230 g/mol. The van der Waals surface area contributed by atoms with Crippen LogP contribution >= 0.6 is 0 Å². The second-order valence-electron chi connectivity index (χ2n) is 5.15. The molecule has 18 heavy (non-hydrogen) atoms. The van der Waals surface area contributed by atoms with Crippen molar-refractivity contribution < 1.29 is 9.52 Å². The molecule has 0 bridgehead atoms. The van der Waals surface area contributed by atoms with Crippen LogP contribution in [0, 0.1) is 0 Å². The Morgan fingerprint density at radius 2 is 2.17 bits per heavy atom. The van der Waals surface area contributed by atoms with Crippen LogP contribution in [0.25, 0.3) is 0 Å². The maximum Gasteiger partial charge on any atom is 0.230 e. The smallest absolute Gasteiger partial charge is 0.230 e. The normalized spacial score (nSPS) is 23.2. The van der Waals surface area contributed by atoms with Gasteiger partial charge in [-0.3, -0.25) is 4.90 Å². The number of aromatic nitrogens is 2. The van der Waals surface area contributed by atoms with Crippen LogP contribution in [0.5, 0.6) is 0 Å². The van der Waals surface area contributed by atoms with Gasteiger partial charge in [-0.15, -0.1) is 10.2 Å². The maximum absolute atomic E-state index is 9.55. The fourth-order valence-corrected chi connectivity index (χ4v) is 2.60. The van der Waals surface area contributed by atoms with Crippen LogP contribution in [-0.2, 0) is 13.0 Å². The predicted octanol–water partition coefficient (Wildman–Crippen LogP) is 1.76. The molecule has 0 spiro atoms. The fourth-order valence-electron chi connectivity index (χ4n) is 2.60. The van der Waals surface area contributed by atoms with Crippen LogP contribution in [0.3, 0.4) is 0 Å². The van der Waals surface area contributed by atoms with Crippen LogP contribution in [-0.4, -0.2) is 38.9 Å². The number of rotatable bonds is 5. The molecule has 2 heterocycles. The Morgan fingerprint density at radius 3 is 2.83 bits per heavy atom. The van der Waals surface area contributed by atoms with Crippen molar-refractivity contribution >= 4 is 0 Å². The van der Waals surface area contributed by atoms with E-state index in [1.807, 2.05) is 13.8 Å². The molecule has 0 aliphatic carbocycles. The van der Waals surface area contributed by atoms with Crippen molar-refractivity contribution in [2.75, 3.05) is 6.54 Å². The van der Waals surface area contributed by atoms with E-state index >= 15 is 0 Å². The van der Waals surface area contributed by atoms with E-state index in [-0.39, 0.29) is 6.10 Å². The highest BCUT2D eigenvalue weighted by Crippen LogP contribution is 2.22. The summed E-state index contributed by atoms with van der Waals surface area (Å²) in [4.78, 5) is 2.36. The topological polar surface area (TPSA) is 62.4 Å². The van der Waals surface area contributed by atoms with Crippen LogP contribution in [0.15, 0.2) is 4.42 Å². The Bertz CT molecular complexity index is 365. The van der Waals surface area contributed by atoms with E-state index in [1.54, 1.807) is 0 Å². The lowest BCUT2D eigenvalue weighted by molar-refractivity contribution is 0.0753. The van der Waals surface area contributed by atoms with Crippen LogP contribution in [0.2, 0.25) is 0 Å². The standard InChI is InChI=1S/C13H23N3O2/c1-3-12-14-15-13(18-12)9-16-7-5-4-6-11(16)8-10(2)17/h10-11,17H,3-9H2,1-2H3. The SMILES string of the molecule is CCc1nnc(CN2CCCCC2CC(C)O)o1. The van der Waals surface area contributed by atoms with Gasteiger partial charge in [0.1, 0.15) is 0 Å². The quantitative estimate of drug-likeness (QED) is 0.866. The monoisotopic (exact) mass is 253 g/mol. The third-order valence-electron chi connectivity index (χ3n) is 3.51. The molecule has 1 saturated heterocycles. The van der Waals surface area contributed by atoms with E-state index in [0.29, 0.717) is 24.4 Å². The lowest BCUT2D eigenvalue weighted by atomic mass is 9.97. The molecule has 102 valence electrons. The number of aryl methyl sites for hydroxylation is 1. The number of nitrogens with zero attached hydrogens (tertiary/aromatic N) is 3. The van der Waals surface area contributed by atoms with Gasteiger partial charge in [0.25, 0.3) is 0 Å². The average Bonchev–Trinajstić information content (AvgIpc) is 2.79. The van der Waals surface area contributed by atoms with Crippen LogP contribution in [0.4, 0.5) is 0 Å². The molecule has 5 heteroatoms. The zero-order chi connectivity index (χ0) is 13.0. The van der Waals surface area contributed by atoms with Crippen LogP contribution < -0.4 is 0 Å². The minimum atomic E-state index is -0.246. The summed E-state index contributed by atoms with van der Waals surface area (Å²) >= 11 is 0. The summed E-state index contributed by atoms with van der Waals surface area (Å²) < 4.78 is 5.56. The van der Waals surface area contributed by atoms with Crippen LogP contribution in [0.1, 0.15) is 51.3 Å². The first-order valence-corrected chi connectivity index (χ1v) is 6.92. The van der Waals surface area contributed by atoms with Crippen molar-refractivity contribution in [3.8, 4) is 0 Å². The van der Waals surface area contributed by atoms with Gasteiger partial charge in [-0.05, 0) is 32.7 Å². The number of piperidine rings is 1. The molecule has 1 aliphatic heterocycles. The second kappa shape index (κ2) is 6.29. The third kappa shape index (κ3) is 3.53. The van der Waals surface area contributed by atoms with Gasteiger partial charge in [0.2, 0.25) is 11.8 Å². The minimum Gasteiger partial charge on any atom is -0.424 e. The Morgan fingerprint density at radius 1 is 1.39 bits per heavy atom. The van der Waals surface area contributed by atoms with Crippen molar-refractivity contribution in [3.63, 3.8) is 0 Å². The van der Waals surface area contributed by atoms with Gasteiger partial charge in [-0.2, -0.15) is 0 Å². The second-order valence-corrected chi connectivity index (χ2v) is 5.15. The maximum atomic E-state index is 9.55. The first-order valence-electron chi connectivity index (χ1n) is 6.92. The first kappa shape index (κ1) is 13.5. The van der Waals surface area contributed by atoms with Gasteiger partial charge in [-0.25, -0.2) is 0 Å². The molecule has 1 aromatic heterocycles. The lowest BCUT2D eigenvalue weighted by Gasteiger charge is -2.35. The Labute approximate surface area is 108 Å². The summed E-state index contributed by atoms with van der Waals surface area (Å²) in [5.41, 5.74) is 0. The number of likely N-dealkylation sites (tertiary alicyclic amines) is 1. The number of hydrogen-bond acceptors (Lipinski definition) is 5. The van der Waals surface area contributed by atoms with E-state index in [4.69, 9.17) is 4.42 Å². The summed E-state index contributed by atoms with van der Waals surface area (Å²) in [7, 11) is 0. The van der Waals surface area contributed by atoms with E-state index in [0.717, 1.165) is 25.8 Å². The number of aliphatic hydroxyl groups excluding tert-OH is 1. The zero-order valence-electron chi connectivity index (χ0n) is 11.3. The third-order valence-corrected chi connectivity index (χ3v) is 3.51. The predicted molar refractivity (Wildman–Crippen MR) is 68.0 cm³/mol. The molecule has 2 rings (SSSR count). The highest BCUT2D eigenvalue weighted by molar-refractivity contribution is 4.85. The molecule has 0 aromatic carbocycles. The molecule has 0 radical (unpaired) electrons. The lowest BCUT2D eigenvalue weighted by Crippen LogP contribution is -2.40. The summed E-state index contributed by atoms with van der Waals surface area (Å²) in [6, 6.07) is 0.440. The molecule has 1 N–H and O–H groups in total. The molecule has 0 saturated carbocycles. The van der Waals surface area contributed by atoms with Gasteiger partial charge >= 0.3 is 0 Å². The largest absolute Gasteiger partial charge is 0.424 e. The fraction of sp³-hybridized carbons (Fsp3) is 0.846. The van der Waals surface area contributed by atoms with E-state index in [1.165, 1.54) is 12.8 Å². The Kier molecular flexibility index (Phi) is 4.72. The minimum absolute atomic E-state index is 0.246. The molecule has 0 amide bonds. The number of aliphatic hydroxyl groups is 1. The zero-order valence-corrected chi connectivity index (χ0v) is 11.3. The summed E-state index contributed by atoms with van der Waals surface area (Å²) in [6.07, 6.45) is 4.98. The van der Waals surface area contributed by atoms with Crippen molar-refractivity contribution in [1.82, 2.24) is 15.1 Å². The number of hydrogen-bond donors (Lipinski definition) is 1. The van der Waals surface area contributed by atoms with Gasteiger partial charge in [-0.1, -0.05) is 13.3 Å². The molecular formula is C13H23N3O2. The average molecular weight is 253 g/mol. The van der Waals surface area contributed by atoms with Crippen molar-refractivity contribution in [3.05, 3.63) is 11.8 Å². The van der Waals surface area contributed by atoms with Crippen molar-refractivity contribution in [1.29, 1.82) is 0 Å². The summed E-state index contributed by atoms with van der Waals surface area (Å²) in [6.45, 7) is 5.63. The van der Waals surface area contributed by atoms with Crippen molar-refractivity contribution in [2.45, 2.75) is 64.6 Å². The molecule has 1 aromatic rings. The summed E-state index contributed by atoms with van der Waals surface area (Å²) in [5, 5.41) is 17.6. The highest BCUT2D eigenvalue weighted by Gasteiger charge is 2.25. The van der Waals surface area contributed by atoms with Gasteiger partial charge in [0.05, 0.1) is 12.6 Å². The molecule has 1 fully saturated rings. The van der Waals surface area contributed by atoms with E-state index in [9.17, 15) is 5.11 Å². The first-order chi connectivity index (χ1) is 8.69.